The van der Waals surface area contributed by atoms with E-state index in [2.05, 4.69) is 12.7 Å². The van der Waals surface area contributed by atoms with Gasteiger partial charge in [0.25, 0.3) is 0 Å². The molecule has 0 heterocycles. The van der Waals surface area contributed by atoms with Crippen LogP contribution in [-0.2, 0) is 14.2 Å². The summed E-state index contributed by atoms with van der Waals surface area (Å²) in [4.78, 5) is 0. The number of ether oxygens (including phenoxy) is 3. The van der Waals surface area contributed by atoms with Gasteiger partial charge in [0.1, 0.15) is 0 Å². The Bertz CT molecular complexity index is 403. The number of allylic oxidation sites excluding steroid dienone is 3. The van der Waals surface area contributed by atoms with Crippen molar-refractivity contribution in [1.82, 2.24) is 0 Å². The van der Waals surface area contributed by atoms with E-state index in [0.717, 1.165) is 43.4 Å². The van der Waals surface area contributed by atoms with Crippen LogP contribution < -0.4 is 0 Å². The zero-order valence-corrected chi connectivity index (χ0v) is 13.4. The minimum atomic E-state index is 0.228. The maximum absolute atomic E-state index is 5.71. The van der Waals surface area contributed by atoms with Crippen molar-refractivity contribution in [1.29, 1.82) is 0 Å². The average Bonchev–Trinajstić information content (AvgIpc) is 2.53. The smallest absolute Gasteiger partial charge is 0.182 e. The molecule has 0 saturated carbocycles. The Labute approximate surface area is 129 Å². The molecule has 3 heteroatoms. The van der Waals surface area contributed by atoms with Crippen LogP contribution in [0.5, 0.6) is 0 Å². The lowest BCUT2D eigenvalue weighted by atomic mass is 10.1. The molecule has 21 heavy (non-hydrogen) atoms. The molecular weight excluding hydrogens is 264 g/mol. The molecule has 0 amide bonds. The SMILES string of the molecule is [CH+]=CC1=CC(OCCC(CCCC(C)OC)OC)=C=CC1. The van der Waals surface area contributed by atoms with E-state index < -0.39 is 0 Å². The predicted octanol–water partition coefficient (Wildman–Crippen LogP) is 3.97. The molecule has 0 saturated heterocycles. The normalized spacial score (nSPS) is 16.9. The zero-order chi connectivity index (χ0) is 15.5. The van der Waals surface area contributed by atoms with Gasteiger partial charge in [0, 0.05) is 27.2 Å². The van der Waals surface area contributed by atoms with Crippen LogP contribution >= 0.6 is 0 Å². The van der Waals surface area contributed by atoms with E-state index in [0.29, 0.717) is 12.7 Å². The van der Waals surface area contributed by atoms with E-state index in [9.17, 15) is 0 Å². The van der Waals surface area contributed by atoms with Gasteiger partial charge in [-0.05, 0) is 32.3 Å². The van der Waals surface area contributed by atoms with Crippen LogP contribution in [0.3, 0.4) is 0 Å². The largest absolute Gasteiger partial charge is 0.484 e. The van der Waals surface area contributed by atoms with Gasteiger partial charge in [-0.1, -0.05) is 5.73 Å². The summed E-state index contributed by atoms with van der Waals surface area (Å²) in [6.07, 6.45) is 10.9. The van der Waals surface area contributed by atoms with E-state index in [1.54, 1.807) is 20.3 Å². The Morgan fingerprint density at radius 2 is 2.10 bits per heavy atom. The molecule has 0 aliphatic heterocycles. The molecule has 2 unspecified atom stereocenters. The van der Waals surface area contributed by atoms with Gasteiger partial charge >= 0.3 is 0 Å². The first-order valence-corrected chi connectivity index (χ1v) is 7.58. The Balaban J connectivity index is 2.24. The van der Waals surface area contributed by atoms with E-state index in [1.165, 1.54) is 0 Å². The first-order valence-electron chi connectivity index (χ1n) is 7.58. The summed E-state index contributed by atoms with van der Waals surface area (Å²) in [5.74, 6) is 0.751. The van der Waals surface area contributed by atoms with Gasteiger partial charge in [-0.3, -0.25) is 0 Å². The molecule has 0 aromatic rings. The summed E-state index contributed by atoms with van der Waals surface area (Å²) in [5, 5.41) is 0. The predicted molar refractivity (Wildman–Crippen MR) is 84.9 cm³/mol. The van der Waals surface area contributed by atoms with Gasteiger partial charge in [0.2, 0.25) is 0 Å². The van der Waals surface area contributed by atoms with Gasteiger partial charge in [-0.15, -0.1) is 0 Å². The van der Waals surface area contributed by atoms with Crippen molar-refractivity contribution in [3.8, 4) is 0 Å². The zero-order valence-electron chi connectivity index (χ0n) is 13.4. The fraction of sp³-hybridized carbons (Fsp3) is 0.611. The van der Waals surface area contributed by atoms with Crippen LogP contribution in [0.4, 0.5) is 0 Å². The fourth-order valence-electron chi connectivity index (χ4n) is 2.17. The molecule has 0 N–H and O–H groups in total. The van der Waals surface area contributed by atoms with Crippen LogP contribution in [0.15, 0.2) is 35.3 Å². The number of rotatable bonds is 11. The molecular formula is C18H27O3+. The molecule has 0 aromatic carbocycles. The highest BCUT2D eigenvalue weighted by molar-refractivity contribution is 5.30. The Morgan fingerprint density at radius 3 is 2.76 bits per heavy atom. The molecule has 1 rings (SSSR count). The van der Waals surface area contributed by atoms with Crippen molar-refractivity contribution in [3.63, 3.8) is 0 Å². The monoisotopic (exact) mass is 291 g/mol. The van der Waals surface area contributed by atoms with Gasteiger partial charge in [0.05, 0.1) is 36.9 Å². The minimum Gasteiger partial charge on any atom is -0.484 e. The molecule has 1 aliphatic rings. The molecule has 0 aromatic heterocycles. The summed E-state index contributed by atoms with van der Waals surface area (Å²) in [6.45, 7) is 8.23. The molecule has 0 radical (unpaired) electrons. The van der Waals surface area contributed by atoms with Crippen LogP contribution in [0.2, 0.25) is 0 Å². The quantitative estimate of drug-likeness (QED) is 0.426. The van der Waals surface area contributed by atoms with Gasteiger partial charge in [0.15, 0.2) is 11.8 Å². The Kier molecular flexibility index (Phi) is 8.73. The number of hydrogen-bond donors (Lipinski definition) is 0. The summed E-state index contributed by atoms with van der Waals surface area (Å²) < 4.78 is 16.5. The lowest BCUT2D eigenvalue weighted by molar-refractivity contribution is 0.0562. The third-order valence-electron chi connectivity index (χ3n) is 3.68. The summed E-state index contributed by atoms with van der Waals surface area (Å²) in [7, 11) is 3.50. The molecule has 0 bridgehead atoms. The standard InChI is InChI=1S/C18H27O3/c1-5-16-9-7-11-18(14-16)21-13-12-17(20-4)10-6-8-15(2)19-3/h1,5,7,14-15,17H,6,8-10,12-13H2,2-4H3/q+1. The lowest BCUT2D eigenvalue weighted by Gasteiger charge is -2.17. The van der Waals surface area contributed by atoms with E-state index in [4.69, 9.17) is 20.8 Å². The van der Waals surface area contributed by atoms with Crippen LogP contribution in [-0.4, -0.2) is 33.0 Å². The van der Waals surface area contributed by atoms with Crippen molar-refractivity contribution in [2.24, 2.45) is 0 Å². The number of methoxy groups -OCH3 is 2. The Hall–Kier alpha value is -1.37. The second kappa shape index (κ2) is 10.4. The highest BCUT2D eigenvalue weighted by Crippen LogP contribution is 2.15. The second-order valence-corrected chi connectivity index (χ2v) is 5.27. The van der Waals surface area contributed by atoms with Gasteiger partial charge in [-0.2, -0.15) is 0 Å². The fourth-order valence-corrected chi connectivity index (χ4v) is 2.17. The van der Waals surface area contributed by atoms with E-state index >= 15 is 0 Å². The highest BCUT2D eigenvalue weighted by atomic mass is 16.5. The Morgan fingerprint density at radius 1 is 1.29 bits per heavy atom. The summed E-state index contributed by atoms with van der Waals surface area (Å²) in [6, 6.07) is 0. The minimum absolute atomic E-state index is 0.228. The van der Waals surface area contributed by atoms with Crippen LogP contribution in [0.25, 0.3) is 0 Å². The van der Waals surface area contributed by atoms with Crippen molar-refractivity contribution in [2.45, 2.75) is 51.2 Å². The molecule has 2 atom stereocenters. The molecule has 3 nitrogen and oxygen atoms in total. The van der Waals surface area contributed by atoms with Gasteiger partial charge < -0.3 is 14.2 Å². The first kappa shape index (κ1) is 17.7. The van der Waals surface area contributed by atoms with Crippen LogP contribution in [0.1, 0.15) is 39.0 Å². The van der Waals surface area contributed by atoms with Crippen molar-refractivity contribution < 1.29 is 14.2 Å². The van der Waals surface area contributed by atoms with Crippen molar-refractivity contribution >= 4 is 0 Å². The van der Waals surface area contributed by atoms with Crippen molar-refractivity contribution in [3.05, 3.63) is 41.9 Å². The summed E-state index contributed by atoms with van der Waals surface area (Å²) >= 11 is 0. The molecule has 116 valence electrons. The summed E-state index contributed by atoms with van der Waals surface area (Å²) in [5.41, 5.74) is 4.16. The highest BCUT2D eigenvalue weighted by Gasteiger charge is 2.11. The topological polar surface area (TPSA) is 27.7 Å². The van der Waals surface area contributed by atoms with Crippen LogP contribution in [0, 0.1) is 6.58 Å². The first-order chi connectivity index (χ1) is 10.2. The van der Waals surface area contributed by atoms with Crippen molar-refractivity contribution in [2.75, 3.05) is 20.8 Å². The number of hydrogen-bond acceptors (Lipinski definition) is 3. The van der Waals surface area contributed by atoms with Gasteiger partial charge in [-0.25, -0.2) is 0 Å². The second-order valence-electron chi connectivity index (χ2n) is 5.27. The third-order valence-corrected chi connectivity index (χ3v) is 3.68. The van der Waals surface area contributed by atoms with E-state index in [-0.39, 0.29) is 6.10 Å². The maximum atomic E-state index is 5.71. The molecule has 1 aliphatic carbocycles. The molecule has 0 fully saturated rings. The maximum Gasteiger partial charge on any atom is 0.182 e. The van der Waals surface area contributed by atoms with E-state index in [1.807, 2.05) is 12.2 Å². The third kappa shape index (κ3) is 7.27. The average molecular weight is 291 g/mol. The molecule has 0 spiro atoms. The lowest BCUT2D eigenvalue weighted by Crippen LogP contribution is -2.15.